The van der Waals surface area contributed by atoms with Crippen LogP contribution in [0.2, 0.25) is 0 Å². The molecule has 3 atom stereocenters. The third kappa shape index (κ3) is 6.19. The number of nitrogens with zero attached hydrogens (tertiary/aromatic N) is 1. The van der Waals surface area contributed by atoms with Crippen molar-refractivity contribution in [2.75, 3.05) is 7.05 Å². The van der Waals surface area contributed by atoms with Crippen LogP contribution in [0.5, 0.6) is 5.75 Å². The van der Waals surface area contributed by atoms with E-state index >= 15 is 0 Å². The molecule has 6 heteroatoms. The fraction of sp³-hybridized carbons (Fsp3) is 0.267. The molecule has 0 radical (unpaired) electrons. The van der Waals surface area contributed by atoms with E-state index in [0.29, 0.717) is 30.6 Å². The lowest BCUT2D eigenvalue weighted by atomic mass is 9.99. The zero-order valence-corrected chi connectivity index (χ0v) is 20.6. The topological polar surface area (TPSA) is 58.6 Å². The molecule has 1 N–H and O–H groups in total. The highest BCUT2D eigenvalue weighted by Crippen LogP contribution is 2.25. The molecule has 0 bridgehead atoms. The number of rotatable bonds is 3. The van der Waals surface area contributed by atoms with E-state index in [1.807, 2.05) is 55.5 Å². The van der Waals surface area contributed by atoms with Crippen LogP contribution in [0.4, 0.5) is 4.39 Å². The number of para-hydroxylation sites is 1. The zero-order valence-electron chi connectivity index (χ0n) is 20.6. The van der Waals surface area contributed by atoms with Gasteiger partial charge >= 0.3 is 0 Å². The third-order valence-electron chi connectivity index (χ3n) is 6.40. The smallest absolute Gasteiger partial charge is 0.258 e. The summed E-state index contributed by atoms with van der Waals surface area (Å²) in [5, 5.41) is 3.13. The van der Waals surface area contributed by atoms with Crippen molar-refractivity contribution in [3.8, 4) is 5.75 Å². The van der Waals surface area contributed by atoms with E-state index in [-0.39, 0.29) is 29.8 Å². The van der Waals surface area contributed by atoms with Crippen molar-refractivity contribution in [3.05, 3.63) is 114 Å². The van der Waals surface area contributed by atoms with E-state index in [0.717, 1.165) is 11.1 Å². The van der Waals surface area contributed by atoms with Crippen LogP contribution in [0.3, 0.4) is 0 Å². The first kappa shape index (κ1) is 25.2. The lowest BCUT2D eigenvalue weighted by Gasteiger charge is -2.30. The van der Waals surface area contributed by atoms with E-state index in [4.69, 9.17) is 4.74 Å². The molecule has 0 fully saturated rings. The van der Waals surface area contributed by atoms with Gasteiger partial charge < -0.3 is 15.0 Å². The molecule has 0 aromatic heterocycles. The predicted octanol–water partition coefficient (Wildman–Crippen LogP) is 5.48. The monoisotopic (exact) mass is 486 g/mol. The summed E-state index contributed by atoms with van der Waals surface area (Å²) in [7, 11) is 1.65. The van der Waals surface area contributed by atoms with E-state index < -0.39 is 6.04 Å². The maximum absolute atomic E-state index is 13.7. The molecule has 4 rings (SSSR count). The molecule has 1 heterocycles. The van der Waals surface area contributed by atoms with Crippen LogP contribution >= 0.6 is 0 Å². The average Bonchev–Trinajstić information content (AvgIpc) is 2.89. The van der Waals surface area contributed by atoms with Crippen molar-refractivity contribution < 1.29 is 18.7 Å². The number of amides is 2. The highest BCUT2D eigenvalue weighted by molar-refractivity contribution is 5.99. The highest BCUT2D eigenvalue weighted by atomic mass is 19.1. The minimum Gasteiger partial charge on any atom is -0.490 e. The Morgan fingerprint density at radius 2 is 1.58 bits per heavy atom. The summed E-state index contributed by atoms with van der Waals surface area (Å²) < 4.78 is 19.7. The molecule has 0 unspecified atom stereocenters. The van der Waals surface area contributed by atoms with Gasteiger partial charge in [-0.2, -0.15) is 0 Å². The Morgan fingerprint density at radius 1 is 0.917 bits per heavy atom. The minimum absolute atomic E-state index is 0.151. The quantitative estimate of drug-likeness (QED) is 0.499. The largest absolute Gasteiger partial charge is 0.490 e. The molecule has 0 saturated carbocycles. The molecule has 186 valence electrons. The number of benzene rings is 3. The van der Waals surface area contributed by atoms with Gasteiger partial charge in [-0.15, -0.1) is 0 Å². The van der Waals surface area contributed by atoms with Gasteiger partial charge in [-0.05, 0) is 48.7 Å². The number of halogens is 1. The third-order valence-corrected chi connectivity index (χ3v) is 6.40. The van der Waals surface area contributed by atoms with Crippen LogP contribution in [0.15, 0.2) is 91.0 Å². The van der Waals surface area contributed by atoms with Gasteiger partial charge in [0.2, 0.25) is 5.91 Å². The number of likely N-dealkylation sites (N-methyl/N-ethyl adjacent to an activating group) is 1. The molecule has 3 aromatic rings. The number of hydrogen-bond acceptors (Lipinski definition) is 3. The fourth-order valence-corrected chi connectivity index (χ4v) is 4.35. The van der Waals surface area contributed by atoms with Gasteiger partial charge in [-0.3, -0.25) is 9.59 Å². The molecule has 0 aliphatic carbocycles. The van der Waals surface area contributed by atoms with E-state index in [1.165, 1.54) is 17.0 Å². The van der Waals surface area contributed by atoms with Crippen LogP contribution < -0.4 is 10.1 Å². The number of hydrogen-bond donors (Lipinski definition) is 1. The zero-order chi connectivity index (χ0) is 25.5. The van der Waals surface area contributed by atoms with Crippen molar-refractivity contribution in [2.24, 2.45) is 0 Å². The van der Waals surface area contributed by atoms with E-state index in [9.17, 15) is 14.0 Å². The maximum Gasteiger partial charge on any atom is 0.258 e. The summed E-state index contributed by atoms with van der Waals surface area (Å²) in [6.07, 6.45) is 5.38. The summed E-state index contributed by atoms with van der Waals surface area (Å²) >= 11 is 0. The summed E-state index contributed by atoms with van der Waals surface area (Å²) in [4.78, 5) is 28.9. The van der Waals surface area contributed by atoms with Crippen LogP contribution in [-0.4, -0.2) is 35.9 Å². The van der Waals surface area contributed by atoms with Gasteiger partial charge in [-0.1, -0.05) is 66.7 Å². The Hall–Kier alpha value is -3.93. The van der Waals surface area contributed by atoms with Gasteiger partial charge in [0.25, 0.3) is 5.91 Å². The van der Waals surface area contributed by atoms with Crippen molar-refractivity contribution in [1.29, 1.82) is 0 Å². The molecule has 1 aliphatic rings. The van der Waals surface area contributed by atoms with Crippen LogP contribution in [0.25, 0.3) is 0 Å². The minimum atomic E-state index is -0.764. The number of carbonyl (C=O) groups is 2. The molecule has 5 nitrogen and oxygen atoms in total. The SMILES string of the molecule is C[C@H]1C/C=C/C[C@@H](c2ccc(F)cc2)NC(=O)[C@H](Cc2ccccc2)N(C)C(=O)c2ccccc2O1. The summed E-state index contributed by atoms with van der Waals surface area (Å²) in [5.41, 5.74) is 2.15. The second-order valence-corrected chi connectivity index (χ2v) is 9.10. The fourth-order valence-electron chi connectivity index (χ4n) is 4.35. The Kier molecular flexibility index (Phi) is 8.16. The van der Waals surface area contributed by atoms with Crippen molar-refractivity contribution in [1.82, 2.24) is 10.2 Å². The molecule has 0 spiro atoms. The first-order valence-corrected chi connectivity index (χ1v) is 12.2. The van der Waals surface area contributed by atoms with Gasteiger partial charge in [-0.25, -0.2) is 4.39 Å². The highest BCUT2D eigenvalue weighted by Gasteiger charge is 2.31. The van der Waals surface area contributed by atoms with Gasteiger partial charge in [0.1, 0.15) is 17.6 Å². The Balaban J connectivity index is 1.73. The van der Waals surface area contributed by atoms with Crippen molar-refractivity contribution in [2.45, 2.75) is 44.4 Å². The lowest BCUT2D eigenvalue weighted by Crippen LogP contribution is -2.49. The van der Waals surface area contributed by atoms with Gasteiger partial charge in [0.05, 0.1) is 17.7 Å². The standard InChI is InChI=1S/C30H31FN2O3/c1-21-10-6-8-14-26(23-16-18-24(31)19-17-23)32-29(34)27(20-22-11-4-3-5-12-22)33(2)30(35)25-13-7-9-15-28(25)36-21/h3-9,11-13,15-19,21,26-27H,10,14,20H2,1-2H3,(H,32,34)/b8-6+/t21-,26-,27-/m0/s1. The summed E-state index contributed by atoms with van der Waals surface area (Å²) in [6.45, 7) is 1.96. The van der Waals surface area contributed by atoms with E-state index in [2.05, 4.69) is 5.32 Å². The first-order chi connectivity index (χ1) is 17.4. The Bertz CT molecular complexity index is 1210. The van der Waals surface area contributed by atoms with Gasteiger partial charge in [0.15, 0.2) is 0 Å². The van der Waals surface area contributed by atoms with Crippen LogP contribution in [0.1, 0.15) is 47.3 Å². The number of ether oxygens (including phenoxy) is 1. The van der Waals surface area contributed by atoms with Crippen molar-refractivity contribution >= 4 is 11.8 Å². The Labute approximate surface area is 211 Å². The van der Waals surface area contributed by atoms with Crippen molar-refractivity contribution in [3.63, 3.8) is 0 Å². The number of fused-ring (bicyclic) bond motifs is 1. The maximum atomic E-state index is 13.7. The van der Waals surface area contributed by atoms with Crippen LogP contribution in [0, 0.1) is 5.82 Å². The molecule has 2 amide bonds. The first-order valence-electron chi connectivity index (χ1n) is 12.2. The molecule has 36 heavy (non-hydrogen) atoms. The molecule has 3 aromatic carbocycles. The normalized spacial score (nSPS) is 22.1. The molecular weight excluding hydrogens is 455 g/mol. The second-order valence-electron chi connectivity index (χ2n) is 9.10. The van der Waals surface area contributed by atoms with Gasteiger partial charge in [0, 0.05) is 19.9 Å². The predicted molar refractivity (Wildman–Crippen MR) is 138 cm³/mol. The number of nitrogens with one attached hydrogen (secondary N) is 1. The average molecular weight is 487 g/mol. The Morgan fingerprint density at radius 3 is 2.33 bits per heavy atom. The summed E-state index contributed by atoms with van der Waals surface area (Å²) in [5.74, 6) is -0.408. The molecular formula is C30H31FN2O3. The van der Waals surface area contributed by atoms with Crippen LogP contribution in [-0.2, 0) is 11.2 Å². The van der Waals surface area contributed by atoms with E-state index in [1.54, 1.807) is 37.4 Å². The summed E-state index contributed by atoms with van der Waals surface area (Å²) in [6, 6.07) is 21.8. The molecule has 1 aliphatic heterocycles. The lowest BCUT2D eigenvalue weighted by molar-refractivity contribution is -0.126. The molecule has 0 saturated heterocycles. The second kappa shape index (κ2) is 11.7. The number of carbonyl (C=O) groups excluding carboxylic acids is 2.